The smallest absolute Gasteiger partial charge is 0.269 e. The van der Waals surface area contributed by atoms with Crippen molar-refractivity contribution in [1.29, 1.82) is 0 Å². The van der Waals surface area contributed by atoms with E-state index in [0.29, 0.717) is 11.6 Å². The van der Waals surface area contributed by atoms with Crippen LogP contribution in [0.25, 0.3) is 0 Å². The van der Waals surface area contributed by atoms with Crippen molar-refractivity contribution in [2.24, 2.45) is 5.92 Å². The largest absolute Gasteiger partial charge is 0.396 e. The molecule has 22 heavy (non-hydrogen) atoms. The number of nitro groups is 1. The molecule has 1 atom stereocenters. The molecule has 2 rings (SSSR count). The number of piperidine rings is 1. The predicted octanol–water partition coefficient (Wildman–Crippen LogP) is 1.63. The third kappa shape index (κ3) is 4.02. The third-order valence-corrected chi connectivity index (χ3v) is 4.18. The molecule has 0 bridgehead atoms. The van der Waals surface area contributed by atoms with Gasteiger partial charge in [0.05, 0.1) is 11.0 Å². The number of carbonyl (C=O) groups is 1. The Morgan fingerprint density at radius 1 is 1.41 bits per heavy atom. The second kappa shape index (κ2) is 7.33. The third-order valence-electron chi connectivity index (χ3n) is 4.18. The van der Waals surface area contributed by atoms with Crippen LogP contribution in [0.4, 0.5) is 11.4 Å². The van der Waals surface area contributed by atoms with Crippen LogP contribution in [0.3, 0.4) is 0 Å². The number of likely N-dealkylation sites (tertiary alicyclic amines) is 1. The number of rotatable bonds is 5. The maximum atomic E-state index is 12.2. The number of carbonyl (C=O) groups excluding carboxylic acids is 1. The Morgan fingerprint density at radius 3 is 2.50 bits per heavy atom. The minimum Gasteiger partial charge on any atom is -0.396 e. The van der Waals surface area contributed by atoms with Crippen molar-refractivity contribution in [2.75, 3.05) is 25.0 Å². The van der Waals surface area contributed by atoms with Gasteiger partial charge in [-0.3, -0.25) is 19.8 Å². The zero-order valence-electron chi connectivity index (χ0n) is 12.6. The normalized spacial score (nSPS) is 17.9. The molecular formula is C15H21N3O4. The van der Waals surface area contributed by atoms with Crippen molar-refractivity contribution in [1.82, 2.24) is 4.90 Å². The first-order valence-electron chi connectivity index (χ1n) is 7.41. The van der Waals surface area contributed by atoms with E-state index in [1.165, 1.54) is 24.3 Å². The van der Waals surface area contributed by atoms with Gasteiger partial charge in [0.1, 0.15) is 0 Å². The highest BCUT2D eigenvalue weighted by molar-refractivity contribution is 5.94. The fourth-order valence-corrected chi connectivity index (χ4v) is 2.60. The molecule has 1 aromatic carbocycles. The second-order valence-corrected chi connectivity index (χ2v) is 5.63. The number of aliphatic hydroxyl groups excluding tert-OH is 1. The summed E-state index contributed by atoms with van der Waals surface area (Å²) >= 11 is 0. The Kier molecular flexibility index (Phi) is 5.46. The molecule has 1 aliphatic rings. The summed E-state index contributed by atoms with van der Waals surface area (Å²) in [6.45, 7) is 3.64. The van der Waals surface area contributed by atoms with E-state index in [4.69, 9.17) is 5.11 Å². The minimum atomic E-state index is -0.473. The van der Waals surface area contributed by atoms with Crippen LogP contribution in [0.2, 0.25) is 0 Å². The highest BCUT2D eigenvalue weighted by atomic mass is 16.6. The van der Waals surface area contributed by atoms with Gasteiger partial charge in [-0.15, -0.1) is 0 Å². The Hall–Kier alpha value is -1.99. The fraction of sp³-hybridized carbons (Fsp3) is 0.533. The number of hydrogen-bond acceptors (Lipinski definition) is 5. The maximum absolute atomic E-state index is 12.2. The maximum Gasteiger partial charge on any atom is 0.269 e. The summed E-state index contributed by atoms with van der Waals surface area (Å²) in [7, 11) is 0. The van der Waals surface area contributed by atoms with Gasteiger partial charge in [0, 0.05) is 24.4 Å². The molecule has 120 valence electrons. The van der Waals surface area contributed by atoms with Crippen LogP contribution in [-0.2, 0) is 4.79 Å². The molecule has 2 N–H and O–H groups in total. The summed E-state index contributed by atoms with van der Waals surface area (Å²) in [4.78, 5) is 24.5. The number of nitro benzene ring substituents is 1. The lowest BCUT2D eigenvalue weighted by molar-refractivity contribution is -0.384. The zero-order valence-corrected chi connectivity index (χ0v) is 12.6. The molecule has 1 unspecified atom stereocenters. The SMILES string of the molecule is CC(C(=O)Nc1ccc([N+](=O)[O-])cc1)N1CCC(CO)CC1. The number of hydrogen-bond donors (Lipinski definition) is 2. The van der Waals surface area contributed by atoms with Gasteiger partial charge in [-0.25, -0.2) is 0 Å². The molecule has 0 aromatic heterocycles. The predicted molar refractivity (Wildman–Crippen MR) is 82.6 cm³/mol. The number of aliphatic hydroxyl groups is 1. The van der Waals surface area contributed by atoms with Crippen LogP contribution >= 0.6 is 0 Å². The molecular weight excluding hydrogens is 286 g/mol. The van der Waals surface area contributed by atoms with E-state index >= 15 is 0 Å². The van der Waals surface area contributed by atoms with E-state index in [1.54, 1.807) is 0 Å². The van der Waals surface area contributed by atoms with Gasteiger partial charge in [-0.2, -0.15) is 0 Å². The average Bonchev–Trinajstić information content (AvgIpc) is 2.54. The zero-order chi connectivity index (χ0) is 16.1. The first-order chi connectivity index (χ1) is 10.5. The summed E-state index contributed by atoms with van der Waals surface area (Å²) in [6, 6.07) is 5.52. The summed E-state index contributed by atoms with van der Waals surface area (Å²) in [6.07, 6.45) is 1.79. The van der Waals surface area contributed by atoms with Gasteiger partial charge in [-0.05, 0) is 50.9 Å². The first-order valence-corrected chi connectivity index (χ1v) is 7.41. The standard InChI is InChI=1S/C15H21N3O4/c1-11(17-8-6-12(10-19)7-9-17)15(20)16-13-2-4-14(5-3-13)18(21)22/h2-5,11-12,19H,6-10H2,1H3,(H,16,20). The van der Waals surface area contributed by atoms with Crippen molar-refractivity contribution in [2.45, 2.75) is 25.8 Å². The van der Waals surface area contributed by atoms with Crippen molar-refractivity contribution < 1.29 is 14.8 Å². The van der Waals surface area contributed by atoms with Gasteiger partial charge < -0.3 is 10.4 Å². The van der Waals surface area contributed by atoms with E-state index in [2.05, 4.69) is 10.2 Å². The number of benzene rings is 1. The van der Waals surface area contributed by atoms with Crippen molar-refractivity contribution in [3.8, 4) is 0 Å². The Balaban J connectivity index is 1.90. The van der Waals surface area contributed by atoms with Gasteiger partial charge in [-0.1, -0.05) is 0 Å². The lowest BCUT2D eigenvalue weighted by Gasteiger charge is -2.34. The lowest BCUT2D eigenvalue weighted by Crippen LogP contribution is -2.46. The molecule has 1 fully saturated rings. The van der Waals surface area contributed by atoms with Crippen molar-refractivity contribution >= 4 is 17.3 Å². The summed E-state index contributed by atoms with van der Waals surface area (Å²) in [5, 5.41) is 22.5. The van der Waals surface area contributed by atoms with Gasteiger partial charge in [0.2, 0.25) is 5.91 Å². The highest BCUT2D eigenvalue weighted by Crippen LogP contribution is 2.20. The Labute approximate surface area is 129 Å². The molecule has 7 nitrogen and oxygen atoms in total. The molecule has 0 aliphatic carbocycles. The Morgan fingerprint density at radius 2 is 2.00 bits per heavy atom. The lowest BCUT2D eigenvalue weighted by atomic mass is 9.97. The second-order valence-electron chi connectivity index (χ2n) is 5.63. The van der Waals surface area contributed by atoms with Gasteiger partial charge >= 0.3 is 0 Å². The van der Waals surface area contributed by atoms with Crippen LogP contribution in [0, 0.1) is 16.0 Å². The van der Waals surface area contributed by atoms with E-state index in [0.717, 1.165) is 25.9 Å². The van der Waals surface area contributed by atoms with E-state index < -0.39 is 4.92 Å². The molecule has 1 amide bonds. The molecule has 0 saturated carbocycles. The average molecular weight is 307 g/mol. The van der Waals surface area contributed by atoms with Crippen molar-refractivity contribution in [3.63, 3.8) is 0 Å². The number of non-ortho nitro benzene ring substituents is 1. The quantitative estimate of drug-likeness (QED) is 0.636. The number of nitrogens with zero attached hydrogens (tertiary/aromatic N) is 2. The van der Waals surface area contributed by atoms with Crippen LogP contribution in [0.5, 0.6) is 0 Å². The summed E-state index contributed by atoms with van der Waals surface area (Å²) in [5.41, 5.74) is 0.546. The number of amides is 1. The minimum absolute atomic E-state index is 0.00266. The Bertz CT molecular complexity index is 524. The van der Waals surface area contributed by atoms with E-state index in [9.17, 15) is 14.9 Å². The molecule has 1 heterocycles. The van der Waals surface area contributed by atoms with Gasteiger partial charge in [0.25, 0.3) is 5.69 Å². The summed E-state index contributed by atoms with van der Waals surface area (Å²) < 4.78 is 0. The van der Waals surface area contributed by atoms with Crippen LogP contribution in [0.15, 0.2) is 24.3 Å². The first kappa shape index (κ1) is 16.4. The van der Waals surface area contributed by atoms with Crippen molar-refractivity contribution in [3.05, 3.63) is 34.4 Å². The van der Waals surface area contributed by atoms with Gasteiger partial charge in [0.15, 0.2) is 0 Å². The monoisotopic (exact) mass is 307 g/mol. The highest BCUT2D eigenvalue weighted by Gasteiger charge is 2.26. The summed E-state index contributed by atoms with van der Waals surface area (Å²) in [5.74, 6) is 0.206. The number of nitrogens with one attached hydrogen (secondary N) is 1. The van der Waals surface area contributed by atoms with Crippen LogP contribution in [-0.4, -0.2) is 46.6 Å². The molecule has 1 aliphatic heterocycles. The number of anilines is 1. The molecule has 7 heteroatoms. The topological polar surface area (TPSA) is 95.7 Å². The molecule has 0 spiro atoms. The molecule has 1 aromatic rings. The molecule has 0 radical (unpaired) electrons. The van der Waals surface area contributed by atoms with E-state index in [1.807, 2.05) is 6.92 Å². The fourth-order valence-electron chi connectivity index (χ4n) is 2.60. The molecule has 1 saturated heterocycles. The van der Waals surface area contributed by atoms with Crippen LogP contribution in [0.1, 0.15) is 19.8 Å². The van der Waals surface area contributed by atoms with Crippen LogP contribution < -0.4 is 5.32 Å². The van der Waals surface area contributed by atoms with E-state index in [-0.39, 0.29) is 24.2 Å².